The number of rotatable bonds is 5. The van der Waals surface area contributed by atoms with Crippen molar-refractivity contribution < 1.29 is 14.3 Å². The van der Waals surface area contributed by atoms with Gasteiger partial charge in [0.15, 0.2) is 5.13 Å². The number of fused-ring (bicyclic) bond motifs is 1. The number of benzene rings is 2. The molecule has 0 unspecified atom stereocenters. The highest BCUT2D eigenvalue weighted by Gasteiger charge is 2.11. The minimum Gasteiger partial charge on any atom is -0.487 e. The third-order valence-corrected chi connectivity index (χ3v) is 4.94. The molecular formula is C20H18N4O3S. The highest BCUT2D eigenvalue weighted by atomic mass is 32.1. The fourth-order valence-corrected chi connectivity index (χ4v) is 3.59. The Labute approximate surface area is 165 Å². The fraction of sp³-hybridized carbons (Fsp3) is 0.150. The zero-order valence-electron chi connectivity index (χ0n) is 15.4. The zero-order chi connectivity index (χ0) is 19.5. The first-order chi connectivity index (χ1) is 13.6. The second-order valence-electron chi connectivity index (χ2n) is 6.17. The van der Waals surface area contributed by atoms with Crippen LogP contribution in [-0.4, -0.2) is 20.9 Å². The molecule has 0 spiro atoms. The number of para-hydroxylation sites is 1. The lowest BCUT2D eigenvalue weighted by atomic mass is 10.3. The molecule has 2 heterocycles. The van der Waals surface area contributed by atoms with E-state index < -0.39 is 6.09 Å². The SMILES string of the molecule is Cc1cc(COc2ccc3nc(NC(=O)Oc4ccccc4)sc3c2)n(C)n1. The lowest BCUT2D eigenvalue weighted by Gasteiger charge is -2.06. The van der Waals surface area contributed by atoms with Crippen LogP contribution in [0, 0.1) is 6.92 Å². The Morgan fingerprint density at radius 2 is 1.96 bits per heavy atom. The van der Waals surface area contributed by atoms with E-state index in [4.69, 9.17) is 9.47 Å². The van der Waals surface area contributed by atoms with Crippen LogP contribution in [0.3, 0.4) is 0 Å². The standard InChI is InChI=1S/C20H18N4O3S/c1-13-10-14(24(2)23-13)12-26-16-8-9-17-18(11-16)28-19(21-17)22-20(25)27-15-6-4-3-5-7-15/h3-11H,12H2,1-2H3,(H,21,22,25). The summed E-state index contributed by atoms with van der Waals surface area (Å²) in [5.41, 5.74) is 2.73. The smallest absolute Gasteiger partial charge is 0.418 e. The monoisotopic (exact) mass is 394 g/mol. The molecule has 7 nitrogen and oxygen atoms in total. The molecule has 1 amide bonds. The molecule has 142 valence electrons. The van der Waals surface area contributed by atoms with Gasteiger partial charge in [-0.1, -0.05) is 29.5 Å². The van der Waals surface area contributed by atoms with Crippen molar-refractivity contribution in [2.75, 3.05) is 5.32 Å². The van der Waals surface area contributed by atoms with E-state index in [2.05, 4.69) is 15.4 Å². The molecular weight excluding hydrogens is 376 g/mol. The van der Waals surface area contributed by atoms with Crippen LogP contribution in [0.2, 0.25) is 0 Å². The summed E-state index contributed by atoms with van der Waals surface area (Å²) in [5.74, 6) is 1.20. The molecule has 8 heteroatoms. The molecule has 0 fully saturated rings. The summed E-state index contributed by atoms with van der Waals surface area (Å²) in [4.78, 5) is 16.4. The van der Waals surface area contributed by atoms with Gasteiger partial charge in [0.2, 0.25) is 0 Å². The predicted octanol–water partition coefficient (Wildman–Crippen LogP) is 4.53. The first-order valence-corrected chi connectivity index (χ1v) is 9.45. The molecule has 4 rings (SSSR count). The number of hydrogen-bond donors (Lipinski definition) is 1. The van der Waals surface area contributed by atoms with E-state index in [1.54, 1.807) is 28.9 Å². The zero-order valence-corrected chi connectivity index (χ0v) is 16.2. The Balaban J connectivity index is 1.42. The molecule has 0 bridgehead atoms. The van der Waals surface area contributed by atoms with Gasteiger partial charge in [-0.05, 0) is 43.3 Å². The number of carbonyl (C=O) groups excluding carboxylic acids is 1. The molecule has 2 aromatic heterocycles. The van der Waals surface area contributed by atoms with Crippen molar-refractivity contribution >= 4 is 32.8 Å². The molecule has 0 aliphatic rings. The van der Waals surface area contributed by atoms with Crippen LogP contribution in [0.5, 0.6) is 11.5 Å². The number of aryl methyl sites for hydroxylation is 2. The van der Waals surface area contributed by atoms with Crippen LogP contribution in [-0.2, 0) is 13.7 Å². The maximum Gasteiger partial charge on any atom is 0.418 e. The molecule has 28 heavy (non-hydrogen) atoms. The number of carbonyl (C=O) groups is 1. The van der Waals surface area contributed by atoms with E-state index in [-0.39, 0.29) is 0 Å². The van der Waals surface area contributed by atoms with Gasteiger partial charge < -0.3 is 9.47 Å². The Kier molecular flexibility index (Phi) is 4.94. The van der Waals surface area contributed by atoms with Crippen LogP contribution >= 0.6 is 11.3 Å². The van der Waals surface area contributed by atoms with E-state index in [9.17, 15) is 4.79 Å². The van der Waals surface area contributed by atoms with Crippen molar-refractivity contribution in [3.05, 3.63) is 66.0 Å². The number of aromatic nitrogens is 3. The van der Waals surface area contributed by atoms with E-state index in [0.717, 1.165) is 27.4 Å². The number of nitrogens with one attached hydrogen (secondary N) is 1. The van der Waals surface area contributed by atoms with Gasteiger partial charge in [0, 0.05) is 7.05 Å². The normalized spacial score (nSPS) is 10.8. The molecule has 0 aliphatic heterocycles. The summed E-state index contributed by atoms with van der Waals surface area (Å²) in [6, 6.07) is 16.5. The minimum atomic E-state index is -0.576. The largest absolute Gasteiger partial charge is 0.487 e. The van der Waals surface area contributed by atoms with Crippen molar-refractivity contribution in [2.24, 2.45) is 7.05 Å². The Morgan fingerprint density at radius 1 is 1.14 bits per heavy atom. The number of anilines is 1. The topological polar surface area (TPSA) is 78.3 Å². The Hall–Kier alpha value is -3.39. The number of amides is 1. The van der Waals surface area contributed by atoms with E-state index in [1.807, 2.05) is 44.3 Å². The van der Waals surface area contributed by atoms with Crippen LogP contribution < -0.4 is 14.8 Å². The summed E-state index contributed by atoms with van der Waals surface area (Å²) in [7, 11) is 1.89. The number of thiazole rings is 1. The van der Waals surface area contributed by atoms with Gasteiger partial charge >= 0.3 is 6.09 Å². The Bertz CT molecular complexity index is 1120. The van der Waals surface area contributed by atoms with Crippen molar-refractivity contribution in [1.82, 2.24) is 14.8 Å². The van der Waals surface area contributed by atoms with Crippen molar-refractivity contribution in [3.63, 3.8) is 0 Å². The molecule has 0 radical (unpaired) electrons. The maximum atomic E-state index is 12.0. The van der Waals surface area contributed by atoms with Crippen LogP contribution in [0.4, 0.5) is 9.93 Å². The summed E-state index contributed by atoms with van der Waals surface area (Å²) < 4.78 is 13.8. The van der Waals surface area contributed by atoms with E-state index >= 15 is 0 Å². The fourth-order valence-electron chi connectivity index (χ4n) is 2.71. The molecule has 0 saturated heterocycles. The second kappa shape index (κ2) is 7.69. The molecule has 4 aromatic rings. The molecule has 0 saturated carbocycles. The first kappa shape index (κ1) is 18.0. The van der Waals surface area contributed by atoms with Gasteiger partial charge in [0.25, 0.3) is 0 Å². The third kappa shape index (κ3) is 4.12. The lowest BCUT2D eigenvalue weighted by molar-refractivity contribution is 0.215. The summed E-state index contributed by atoms with van der Waals surface area (Å²) in [6.45, 7) is 2.38. The average Bonchev–Trinajstić information content (AvgIpc) is 3.21. The van der Waals surface area contributed by atoms with Gasteiger partial charge in [-0.15, -0.1) is 0 Å². The third-order valence-electron chi connectivity index (χ3n) is 4.01. The van der Waals surface area contributed by atoms with Gasteiger partial charge in [-0.3, -0.25) is 10.00 Å². The van der Waals surface area contributed by atoms with Crippen molar-refractivity contribution in [3.8, 4) is 11.5 Å². The van der Waals surface area contributed by atoms with Crippen LogP contribution in [0.15, 0.2) is 54.6 Å². The number of ether oxygens (including phenoxy) is 2. The van der Waals surface area contributed by atoms with Gasteiger partial charge in [0.05, 0.1) is 21.6 Å². The van der Waals surface area contributed by atoms with E-state index in [1.165, 1.54) is 11.3 Å². The minimum absolute atomic E-state index is 0.427. The van der Waals surface area contributed by atoms with Gasteiger partial charge in [0.1, 0.15) is 18.1 Å². The molecule has 1 N–H and O–H groups in total. The van der Waals surface area contributed by atoms with Crippen molar-refractivity contribution in [1.29, 1.82) is 0 Å². The lowest BCUT2D eigenvalue weighted by Crippen LogP contribution is -2.16. The molecule has 0 atom stereocenters. The Morgan fingerprint density at radius 3 is 2.71 bits per heavy atom. The molecule has 2 aromatic carbocycles. The summed E-state index contributed by atoms with van der Waals surface area (Å²) >= 11 is 1.36. The van der Waals surface area contributed by atoms with Crippen LogP contribution in [0.25, 0.3) is 10.2 Å². The number of hydrogen-bond acceptors (Lipinski definition) is 6. The van der Waals surface area contributed by atoms with Crippen LogP contribution in [0.1, 0.15) is 11.4 Å². The van der Waals surface area contributed by atoms with Gasteiger partial charge in [-0.2, -0.15) is 5.10 Å². The quantitative estimate of drug-likeness (QED) is 0.538. The molecule has 0 aliphatic carbocycles. The van der Waals surface area contributed by atoms with E-state index in [0.29, 0.717) is 17.5 Å². The second-order valence-corrected chi connectivity index (χ2v) is 7.20. The predicted molar refractivity (Wildman–Crippen MR) is 108 cm³/mol. The summed E-state index contributed by atoms with van der Waals surface area (Å²) in [6.07, 6.45) is -0.576. The van der Waals surface area contributed by atoms with Crippen molar-refractivity contribution in [2.45, 2.75) is 13.5 Å². The highest BCUT2D eigenvalue weighted by Crippen LogP contribution is 2.29. The highest BCUT2D eigenvalue weighted by molar-refractivity contribution is 7.22. The number of nitrogens with zero attached hydrogens (tertiary/aromatic N) is 3. The summed E-state index contributed by atoms with van der Waals surface area (Å²) in [5, 5.41) is 7.44. The average molecular weight is 394 g/mol. The maximum absolute atomic E-state index is 12.0. The first-order valence-electron chi connectivity index (χ1n) is 8.63. The van der Waals surface area contributed by atoms with Gasteiger partial charge in [-0.25, -0.2) is 9.78 Å².